The lowest BCUT2D eigenvalue weighted by Gasteiger charge is -2.08. The van der Waals surface area contributed by atoms with Gasteiger partial charge in [-0.15, -0.1) is 0 Å². The number of benzene rings is 1. The number of carbonyl (C=O) groups is 1. The number of aryl methyl sites for hydroxylation is 1. The van der Waals surface area contributed by atoms with E-state index in [1.807, 2.05) is 0 Å². The molecule has 0 amide bonds. The number of hydrogen-bond acceptors (Lipinski definition) is 3. The Hall–Kier alpha value is -2.30. The van der Waals surface area contributed by atoms with Crippen LogP contribution in [0.1, 0.15) is 15.9 Å². The molecular formula is C12H11NO4. The first kappa shape index (κ1) is 11.2. The molecule has 5 heteroatoms. The van der Waals surface area contributed by atoms with Gasteiger partial charge in [-0.25, -0.2) is 4.79 Å². The Bertz CT molecular complexity index is 657. The molecule has 1 aromatic carbocycles. The van der Waals surface area contributed by atoms with E-state index < -0.39 is 5.97 Å². The van der Waals surface area contributed by atoms with E-state index in [4.69, 9.17) is 9.84 Å². The molecule has 1 heterocycles. The number of aromatic nitrogens is 1. The van der Waals surface area contributed by atoms with Crippen molar-refractivity contribution < 1.29 is 14.6 Å². The summed E-state index contributed by atoms with van der Waals surface area (Å²) in [6.45, 7) is 1.76. The fourth-order valence-electron chi connectivity index (χ4n) is 1.79. The van der Waals surface area contributed by atoms with Crippen LogP contribution < -0.4 is 10.3 Å². The first-order valence-electron chi connectivity index (χ1n) is 4.98. The van der Waals surface area contributed by atoms with E-state index in [-0.39, 0.29) is 16.9 Å². The third kappa shape index (κ3) is 1.87. The summed E-state index contributed by atoms with van der Waals surface area (Å²) in [7, 11) is 1.39. The van der Waals surface area contributed by atoms with Crippen molar-refractivity contribution in [2.45, 2.75) is 6.92 Å². The normalized spacial score (nSPS) is 10.5. The highest BCUT2D eigenvalue weighted by Gasteiger charge is 2.13. The van der Waals surface area contributed by atoms with E-state index in [0.29, 0.717) is 10.9 Å². The van der Waals surface area contributed by atoms with Gasteiger partial charge in [0.2, 0.25) is 5.56 Å². The summed E-state index contributed by atoms with van der Waals surface area (Å²) in [5.74, 6) is -0.833. The zero-order chi connectivity index (χ0) is 12.6. The van der Waals surface area contributed by atoms with Crippen LogP contribution in [0.15, 0.2) is 23.0 Å². The molecule has 88 valence electrons. The summed E-state index contributed by atoms with van der Waals surface area (Å²) < 4.78 is 4.99. The second kappa shape index (κ2) is 3.93. The Kier molecular flexibility index (Phi) is 2.59. The number of hydrogen-bond donors (Lipinski definition) is 2. The molecule has 17 heavy (non-hydrogen) atoms. The van der Waals surface area contributed by atoms with Gasteiger partial charge >= 0.3 is 5.97 Å². The lowest BCUT2D eigenvalue weighted by molar-refractivity contribution is 0.0693. The number of fused-ring (bicyclic) bond motifs is 1. The van der Waals surface area contributed by atoms with Crippen LogP contribution >= 0.6 is 0 Å². The number of carboxylic acids is 1. The van der Waals surface area contributed by atoms with Crippen molar-refractivity contribution in [1.29, 1.82) is 0 Å². The number of nitrogens with one attached hydrogen (secondary N) is 1. The molecule has 0 saturated heterocycles. The molecule has 0 saturated carbocycles. The van der Waals surface area contributed by atoms with Crippen molar-refractivity contribution >= 4 is 16.9 Å². The summed E-state index contributed by atoms with van der Waals surface area (Å²) in [5.41, 5.74) is 1.15. The molecule has 2 rings (SSSR count). The average molecular weight is 233 g/mol. The first-order chi connectivity index (χ1) is 8.02. The average Bonchev–Trinajstić information content (AvgIpc) is 2.26. The lowest BCUT2D eigenvalue weighted by Crippen LogP contribution is -2.07. The van der Waals surface area contributed by atoms with Crippen molar-refractivity contribution in [3.8, 4) is 5.75 Å². The minimum Gasteiger partial charge on any atom is -0.496 e. The van der Waals surface area contributed by atoms with Gasteiger partial charge in [0.15, 0.2) is 0 Å². The van der Waals surface area contributed by atoms with Crippen LogP contribution in [0, 0.1) is 6.92 Å². The maximum atomic E-state index is 11.3. The van der Waals surface area contributed by atoms with Crippen molar-refractivity contribution in [3.63, 3.8) is 0 Å². The van der Waals surface area contributed by atoms with Gasteiger partial charge in [0.25, 0.3) is 0 Å². The fourth-order valence-corrected chi connectivity index (χ4v) is 1.79. The number of aromatic amines is 1. The van der Waals surface area contributed by atoms with E-state index in [0.717, 1.165) is 5.56 Å². The Balaban J connectivity index is 2.87. The summed E-state index contributed by atoms with van der Waals surface area (Å²) in [6.07, 6.45) is 0. The summed E-state index contributed by atoms with van der Waals surface area (Å²) in [6, 6.07) is 4.45. The molecule has 0 fully saturated rings. The van der Waals surface area contributed by atoms with Gasteiger partial charge in [0, 0.05) is 17.5 Å². The zero-order valence-corrected chi connectivity index (χ0v) is 9.40. The Morgan fingerprint density at radius 2 is 2.06 bits per heavy atom. The number of carboxylic acid groups (broad SMARTS) is 1. The Morgan fingerprint density at radius 3 is 2.65 bits per heavy atom. The minimum absolute atomic E-state index is 0.0788. The molecular weight excluding hydrogens is 222 g/mol. The second-order valence-electron chi connectivity index (χ2n) is 3.72. The van der Waals surface area contributed by atoms with Crippen LogP contribution in [0.2, 0.25) is 0 Å². The van der Waals surface area contributed by atoms with Gasteiger partial charge in [0.05, 0.1) is 12.6 Å². The molecule has 2 N–H and O–H groups in total. The topological polar surface area (TPSA) is 79.4 Å². The molecule has 0 spiro atoms. The monoisotopic (exact) mass is 233 g/mol. The quantitative estimate of drug-likeness (QED) is 0.824. The van der Waals surface area contributed by atoms with E-state index >= 15 is 0 Å². The maximum absolute atomic E-state index is 11.3. The number of pyridine rings is 1. The smallest absolute Gasteiger partial charge is 0.339 e. The van der Waals surface area contributed by atoms with Gasteiger partial charge < -0.3 is 14.8 Å². The van der Waals surface area contributed by atoms with Crippen LogP contribution in [-0.2, 0) is 0 Å². The molecule has 0 aliphatic carbocycles. The number of methoxy groups -OCH3 is 1. The van der Waals surface area contributed by atoms with Crippen LogP contribution in [0.5, 0.6) is 5.75 Å². The largest absolute Gasteiger partial charge is 0.496 e. The number of rotatable bonds is 2. The van der Waals surface area contributed by atoms with Crippen molar-refractivity contribution in [2.75, 3.05) is 7.11 Å². The maximum Gasteiger partial charge on any atom is 0.339 e. The molecule has 0 unspecified atom stereocenters. The molecule has 1 aromatic heterocycles. The van der Waals surface area contributed by atoms with E-state index in [2.05, 4.69) is 4.98 Å². The van der Waals surface area contributed by atoms with Gasteiger partial charge in [0.1, 0.15) is 11.3 Å². The van der Waals surface area contributed by atoms with E-state index in [1.54, 1.807) is 6.92 Å². The van der Waals surface area contributed by atoms with Gasteiger partial charge in [-0.05, 0) is 18.6 Å². The summed E-state index contributed by atoms with van der Waals surface area (Å²) in [4.78, 5) is 25.0. The third-order valence-corrected chi connectivity index (χ3v) is 2.60. The molecule has 5 nitrogen and oxygen atoms in total. The fraction of sp³-hybridized carbons (Fsp3) is 0.167. The SMILES string of the molecule is COc1cc2[nH]c(=O)cc(C)c2cc1C(=O)O. The first-order valence-corrected chi connectivity index (χ1v) is 4.98. The Morgan fingerprint density at radius 1 is 1.35 bits per heavy atom. The van der Waals surface area contributed by atoms with E-state index in [9.17, 15) is 9.59 Å². The van der Waals surface area contributed by atoms with Crippen LogP contribution in [0.25, 0.3) is 10.9 Å². The van der Waals surface area contributed by atoms with Gasteiger partial charge in [-0.2, -0.15) is 0 Å². The van der Waals surface area contributed by atoms with E-state index in [1.165, 1.54) is 25.3 Å². The third-order valence-electron chi connectivity index (χ3n) is 2.60. The second-order valence-corrected chi connectivity index (χ2v) is 3.72. The highest BCUT2D eigenvalue weighted by molar-refractivity contribution is 5.97. The van der Waals surface area contributed by atoms with Crippen molar-refractivity contribution in [1.82, 2.24) is 4.98 Å². The van der Waals surface area contributed by atoms with Gasteiger partial charge in [-0.3, -0.25) is 4.79 Å². The minimum atomic E-state index is -1.06. The van der Waals surface area contributed by atoms with Crippen LogP contribution in [0.4, 0.5) is 0 Å². The highest BCUT2D eigenvalue weighted by atomic mass is 16.5. The lowest BCUT2D eigenvalue weighted by atomic mass is 10.1. The molecule has 0 radical (unpaired) electrons. The van der Waals surface area contributed by atoms with Crippen LogP contribution in [-0.4, -0.2) is 23.2 Å². The van der Waals surface area contributed by atoms with Crippen LogP contribution in [0.3, 0.4) is 0 Å². The molecule has 0 aliphatic heterocycles. The van der Waals surface area contributed by atoms with Crippen molar-refractivity contribution in [3.05, 3.63) is 39.7 Å². The zero-order valence-electron chi connectivity index (χ0n) is 9.40. The number of H-pyrrole nitrogens is 1. The number of aromatic carboxylic acids is 1. The predicted octanol–water partition coefficient (Wildman–Crippen LogP) is 1.54. The summed E-state index contributed by atoms with van der Waals surface area (Å²) in [5, 5.41) is 9.75. The molecule has 0 bridgehead atoms. The van der Waals surface area contributed by atoms with Crippen molar-refractivity contribution in [2.24, 2.45) is 0 Å². The number of ether oxygens (including phenoxy) is 1. The molecule has 0 atom stereocenters. The summed E-state index contributed by atoms with van der Waals surface area (Å²) >= 11 is 0. The molecule has 0 aliphatic rings. The Labute approximate surface area is 96.7 Å². The standard InChI is InChI=1S/C12H11NO4/c1-6-3-11(14)13-9-5-10(17-2)8(12(15)16)4-7(6)9/h3-5H,1-2H3,(H,13,14)(H,15,16). The van der Waals surface area contributed by atoms with Gasteiger partial charge in [-0.1, -0.05) is 0 Å². The predicted molar refractivity (Wildman–Crippen MR) is 62.8 cm³/mol. The highest BCUT2D eigenvalue weighted by Crippen LogP contribution is 2.25. The molecule has 2 aromatic rings.